The number of hydrogen-bond acceptors (Lipinski definition) is 2. The molecule has 2 aromatic rings. The second-order valence-electron chi connectivity index (χ2n) is 4.90. The molecule has 0 bridgehead atoms. The fraction of sp³-hybridized carbons (Fsp3) is 0.235. The van der Waals surface area contributed by atoms with Crippen LogP contribution < -0.4 is 4.74 Å². The maximum atomic E-state index is 13.4. The Morgan fingerprint density at radius 2 is 1.91 bits per heavy atom. The lowest BCUT2D eigenvalue weighted by Crippen LogP contribution is -2.32. The second-order valence-corrected chi connectivity index (χ2v) is 4.90. The van der Waals surface area contributed by atoms with Gasteiger partial charge in [-0.3, -0.25) is 4.79 Å². The van der Waals surface area contributed by atoms with Crippen molar-refractivity contribution in [3.8, 4) is 5.75 Å². The van der Waals surface area contributed by atoms with E-state index in [1.807, 2.05) is 0 Å². The number of hydrogen-bond donors (Lipinski definition) is 0. The smallest absolute Gasteiger partial charge is 0.226 e. The molecule has 0 aliphatic carbocycles. The van der Waals surface area contributed by atoms with Crippen molar-refractivity contribution >= 4 is 5.91 Å². The van der Waals surface area contributed by atoms with Crippen LogP contribution in [-0.2, 0) is 11.2 Å². The van der Waals surface area contributed by atoms with Gasteiger partial charge in [-0.2, -0.15) is 0 Å². The number of halogens is 2. The molecule has 2 rings (SSSR count). The van der Waals surface area contributed by atoms with E-state index in [1.165, 1.54) is 29.2 Å². The monoisotopic (exact) mass is 305 g/mol. The second kappa shape index (κ2) is 7.54. The lowest BCUT2D eigenvalue weighted by atomic mass is 10.1. The van der Waals surface area contributed by atoms with Gasteiger partial charge in [0.1, 0.15) is 12.4 Å². The third kappa shape index (κ3) is 4.55. The van der Waals surface area contributed by atoms with Crippen LogP contribution in [0, 0.1) is 11.6 Å². The topological polar surface area (TPSA) is 29.5 Å². The molecule has 0 spiro atoms. The average molecular weight is 305 g/mol. The van der Waals surface area contributed by atoms with Crippen molar-refractivity contribution in [2.24, 2.45) is 0 Å². The summed E-state index contributed by atoms with van der Waals surface area (Å²) < 4.78 is 31.7. The molecule has 2 aromatic carbocycles. The summed E-state index contributed by atoms with van der Waals surface area (Å²) in [6.07, 6.45) is 0.119. The van der Waals surface area contributed by atoms with Crippen LogP contribution in [0.2, 0.25) is 0 Å². The standard InChI is InChI=1S/C17H17F2NO2/c1-20(9-10-22-16-8-3-2-7-15(16)19)17(21)12-13-5-4-6-14(18)11-13/h2-8,11H,9-10,12H2,1H3. The minimum Gasteiger partial charge on any atom is -0.489 e. The normalized spacial score (nSPS) is 10.3. The summed E-state index contributed by atoms with van der Waals surface area (Å²) in [4.78, 5) is 13.5. The Kier molecular flexibility index (Phi) is 5.47. The predicted octanol–water partition coefficient (Wildman–Crippen LogP) is 3.04. The third-order valence-corrected chi connectivity index (χ3v) is 3.19. The summed E-state index contributed by atoms with van der Waals surface area (Å²) in [5.41, 5.74) is 0.617. The predicted molar refractivity (Wildman–Crippen MR) is 79.6 cm³/mol. The number of rotatable bonds is 6. The molecular weight excluding hydrogens is 288 g/mol. The van der Waals surface area contributed by atoms with Crippen LogP contribution in [0.1, 0.15) is 5.56 Å². The molecule has 5 heteroatoms. The molecule has 0 N–H and O–H groups in total. The highest BCUT2D eigenvalue weighted by Crippen LogP contribution is 2.15. The largest absolute Gasteiger partial charge is 0.489 e. The number of carbonyl (C=O) groups is 1. The Morgan fingerprint density at radius 1 is 1.14 bits per heavy atom. The van der Waals surface area contributed by atoms with Crippen LogP contribution >= 0.6 is 0 Å². The Morgan fingerprint density at radius 3 is 2.64 bits per heavy atom. The van der Waals surface area contributed by atoms with Gasteiger partial charge in [-0.05, 0) is 29.8 Å². The number of nitrogens with zero attached hydrogens (tertiary/aromatic N) is 1. The summed E-state index contributed by atoms with van der Waals surface area (Å²) in [5, 5.41) is 0. The highest BCUT2D eigenvalue weighted by atomic mass is 19.1. The number of amides is 1. The first-order valence-corrected chi connectivity index (χ1v) is 6.92. The summed E-state index contributed by atoms with van der Waals surface area (Å²) >= 11 is 0. The molecule has 0 saturated heterocycles. The number of benzene rings is 2. The van der Waals surface area contributed by atoms with Crippen molar-refractivity contribution in [3.63, 3.8) is 0 Å². The Labute approximate surface area is 128 Å². The van der Waals surface area contributed by atoms with E-state index < -0.39 is 5.82 Å². The molecule has 0 atom stereocenters. The van der Waals surface area contributed by atoms with Gasteiger partial charge in [0.15, 0.2) is 11.6 Å². The van der Waals surface area contributed by atoms with Gasteiger partial charge in [0, 0.05) is 7.05 Å². The average Bonchev–Trinajstić information content (AvgIpc) is 2.49. The van der Waals surface area contributed by atoms with Gasteiger partial charge in [-0.1, -0.05) is 24.3 Å². The Balaban J connectivity index is 1.80. The van der Waals surface area contributed by atoms with E-state index in [0.717, 1.165) is 0 Å². The number of para-hydroxylation sites is 1. The van der Waals surface area contributed by atoms with E-state index in [1.54, 1.807) is 31.3 Å². The number of ether oxygens (including phenoxy) is 1. The minimum atomic E-state index is -0.434. The summed E-state index contributed by atoms with van der Waals surface area (Å²) in [6, 6.07) is 12.0. The van der Waals surface area contributed by atoms with E-state index in [0.29, 0.717) is 12.1 Å². The highest BCUT2D eigenvalue weighted by molar-refractivity contribution is 5.78. The van der Waals surface area contributed by atoms with E-state index in [4.69, 9.17) is 4.74 Å². The summed E-state index contributed by atoms with van der Waals surface area (Å²) in [7, 11) is 1.63. The van der Waals surface area contributed by atoms with Crippen LogP contribution in [0.25, 0.3) is 0 Å². The zero-order valence-corrected chi connectivity index (χ0v) is 12.3. The first-order valence-electron chi connectivity index (χ1n) is 6.92. The summed E-state index contributed by atoms with van der Waals surface area (Å²) in [5.74, 6) is -0.789. The van der Waals surface area contributed by atoms with Gasteiger partial charge in [-0.15, -0.1) is 0 Å². The molecule has 0 aliphatic rings. The molecule has 0 aromatic heterocycles. The summed E-state index contributed by atoms with van der Waals surface area (Å²) in [6.45, 7) is 0.509. The SMILES string of the molecule is CN(CCOc1ccccc1F)C(=O)Cc1cccc(F)c1. The zero-order valence-electron chi connectivity index (χ0n) is 12.3. The fourth-order valence-corrected chi connectivity index (χ4v) is 1.94. The molecule has 0 saturated carbocycles. The first-order chi connectivity index (χ1) is 10.6. The molecule has 0 unspecified atom stereocenters. The maximum absolute atomic E-state index is 13.4. The van der Waals surface area contributed by atoms with Crippen LogP contribution in [0.3, 0.4) is 0 Å². The molecule has 3 nitrogen and oxygen atoms in total. The van der Waals surface area contributed by atoms with E-state index in [-0.39, 0.29) is 30.5 Å². The fourth-order valence-electron chi connectivity index (χ4n) is 1.94. The zero-order chi connectivity index (χ0) is 15.9. The first kappa shape index (κ1) is 15.9. The Bertz CT molecular complexity index is 646. The van der Waals surface area contributed by atoms with Crippen LogP contribution in [0.4, 0.5) is 8.78 Å². The third-order valence-electron chi connectivity index (χ3n) is 3.19. The van der Waals surface area contributed by atoms with E-state index >= 15 is 0 Å². The van der Waals surface area contributed by atoms with Gasteiger partial charge in [0.25, 0.3) is 0 Å². The number of likely N-dealkylation sites (N-methyl/N-ethyl adjacent to an activating group) is 1. The molecule has 0 radical (unpaired) electrons. The van der Waals surface area contributed by atoms with E-state index in [9.17, 15) is 13.6 Å². The molecule has 0 fully saturated rings. The minimum absolute atomic E-state index is 0.119. The lowest BCUT2D eigenvalue weighted by molar-refractivity contribution is -0.129. The van der Waals surface area contributed by atoms with Gasteiger partial charge in [0.05, 0.1) is 13.0 Å². The van der Waals surface area contributed by atoms with Crippen LogP contribution in [0.5, 0.6) is 5.75 Å². The van der Waals surface area contributed by atoms with Crippen molar-refractivity contribution in [1.29, 1.82) is 0 Å². The quantitative estimate of drug-likeness (QED) is 0.821. The molecule has 1 amide bonds. The van der Waals surface area contributed by atoms with Crippen molar-refractivity contribution in [1.82, 2.24) is 4.90 Å². The van der Waals surface area contributed by atoms with Crippen molar-refractivity contribution in [2.75, 3.05) is 20.2 Å². The van der Waals surface area contributed by atoms with Gasteiger partial charge in [0.2, 0.25) is 5.91 Å². The molecule has 22 heavy (non-hydrogen) atoms. The van der Waals surface area contributed by atoms with Crippen LogP contribution in [-0.4, -0.2) is 31.0 Å². The van der Waals surface area contributed by atoms with Crippen LogP contribution in [0.15, 0.2) is 48.5 Å². The molecule has 0 heterocycles. The molecular formula is C17H17F2NO2. The molecule has 0 aliphatic heterocycles. The van der Waals surface area contributed by atoms with Gasteiger partial charge < -0.3 is 9.64 Å². The lowest BCUT2D eigenvalue weighted by Gasteiger charge is -2.17. The number of carbonyl (C=O) groups excluding carboxylic acids is 1. The van der Waals surface area contributed by atoms with Crippen molar-refractivity contribution < 1.29 is 18.3 Å². The maximum Gasteiger partial charge on any atom is 0.226 e. The van der Waals surface area contributed by atoms with E-state index in [2.05, 4.69) is 0 Å². The highest BCUT2D eigenvalue weighted by Gasteiger charge is 2.10. The van der Waals surface area contributed by atoms with Crippen molar-refractivity contribution in [3.05, 3.63) is 65.7 Å². The van der Waals surface area contributed by atoms with Gasteiger partial charge in [-0.25, -0.2) is 8.78 Å². The van der Waals surface area contributed by atoms with Gasteiger partial charge >= 0.3 is 0 Å². The Hall–Kier alpha value is -2.43. The molecule has 116 valence electrons. The van der Waals surface area contributed by atoms with Crippen molar-refractivity contribution in [2.45, 2.75) is 6.42 Å².